The number of urea groups is 1. The lowest BCUT2D eigenvalue weighted by molar-refractivity contribution is -0.00454. The number of fused-ring (bicyclic) bond motifs is 1. The molecule has 1 aromatic heterocycles. The normalized spacial score (nSPS) is 26.9. The summed E-state index contributed by atoms with van der Waals surface area (Å²) in [5, 5.41) is 3.68. The van der Waals surface area contributed by atoms with Gasteiger partial charge in [0.05, 0.1) is 5.52 Å². The second-order valence-electron chi connectivity index (χ2n) is 10.3. The first kappa shape index (κ1) is 21.1. The van der Waals surface area contributed by atoms with Crippen LogP contribution >= 0.6 is 0 Å². The molecule has 0 unspecified atom stereocenters. The van der Waals surface area contributed by atoms with E-state index in [4.69, 9.17) is 0 Å². The van der Waals surface area contributed by atoms with Crippen molar-refractivity contribution in [3.05, 3.63) is 71.7 Å². The van der Waals surface area contributed by atoms with E-state index in [0.29, 0.717) is 11.4 Å². The summed E-state index contributed by atoms with van der Waals surface area (Å²) in [7, 11) is 0. The lowest BCUT2D eigenvalue weighted by atomic mass is 9.48. The van der Waals surface area contributed by atoms with Gasteiger partial charge in [-0.2, -0.15) is 0 Å². The van der Waals surface area contributed by atoms with Crippen LogP contribution in [0.3, 0.4) is 0 Å². The minimum absolute atomic E-state index is 0.111. The van der Waals surface area contributed by atoms with Crippen LogP contribution in [0.15, 0.2) is 54.6 Å². The van der Waals surface area contributed by atoms with Crippen LogP contribution in [0.1, 0.15) is 54.6 Å². The lowest BCUT2D eigenvalue weighted by Crippen LogP contribution is -2.49. The predicted molar refractivity (Wildman–Crippen MR) is 128 cm³/mol. The highest BCUT2D eigenvalue weighted by Crippen LogP contribution is 2.61. The van der Waals surface area contributed by atoms with E-state index in [0.717, 1.165) is 28.7 Å². The quantitative estimate of drug-likeness (QED) is 0.465. The van der Waals surface area contributed by atoms with Crippen LogP contribution in [0.2, 0.25) is 0 Å². The molecule has 4 bridgehead atoms. The molecule has 3 aromatic rings. The fraction of sp³-hybridized carbons (Fsp3) is 0.370. The highest BCUT2D eigenvalue weighted by atomic mass is 19.1. The summed E-state index contributed by atoms with van der Waals surface area (Å²) >= 11 is 0. The van der Waals surface area contributed by atoms with Crippen LogP contribution in [-0.4, -0.2) is 16.9 Å². The summed E-state index contributed by atoms with van der Waals surface area (Å²) in [5.74, 6) is 1.49. The standard InChI is InChI=1S/C27H27FN4O2/c28-19-5-7-20(8-6-19)29-26(34)32-31-25(33)24-12-22(21-3-1-2-4-23(21)30-24)27-13-16-9-17(14-27)11-18(10-16)15-27/h1-8,12,16-18H,9-11,13-15H2,(H,31,33)(H2,29,32,34). The van der Waals surface area contributed by atoms with Gasteiger partial charge in [0.1, 0.15) is 11.5 Å². The van der Waals surface area contributed by atoms with Crippen molar-refractivity contribution in [3.8, 4) is 0 Å². The molecule has 4 aliphatic carbocycles. The molecular weight excluding hydrogens is 431 g/mol. The Morgan fingerprint density at radius 3 is 2.21 bits per heavy atom. The molecule has 0 atom stereocenters. The van der Waals surface area contributed by atoms with E-state index < -0.39 is 17.8 Å². The first-order chi connectivity index (χ1) is 16.5. The maximum Gasteiger partial charge on any atom is 0.337 e. The third kappa shape index (κ3) is 3.79. The van der Waals surface area contributed by atoms with Gasteiger partial charge in [0.25, 0.3) is 5.91 Å². The van der Waals surface area contributed by atoms with Crippen LogP contribution in [0.4, 0.5) is 14.9 Å². The largest absolute Gasteiger partial charge is 0.337 e. The van der Waals surface area contributed by atoms with Crippen LogP contribution in [0.5, 0.6) is 0 Å². The van der Waals surface area contributed by atoms with Crippen molar-refractivity contribution in [2.24, 2.45) is 17.8 Å². The monoisotopic (exact) mass is 458 g/mol. The number of para-hydroxylation sites is 1. The molecule has 34 heavy (non-hydrogen) atoms. The van der Waals surface area contributed by atoms with Gasteiger partial charge in [0.2, 0.25) is 0 Å². The Morgan fingerprint density at radius 1 is 0.882 bits per heavy atom. The topological polar surface area (TPSA) is 83.1 Å². The number of nitrogens with zero attached hydrogens (tertiary/aromatic N) is 1. The Labute approximate surface area is 197 Å². The van der Waals surface area contributed by atoms with Gasteiger partial charge < -0.3 is 5.32 Å². The molecule has 6 nitrogen and oxygen atoms in total. The molecule has 3 N–H and O–H groups in total. The maximum absolute atomic E-state index is 13.1. The first-order valence-electron chi connectivity index (χ1n) is 12.0. The SMILES string of the molecule is O=C(NNC(=O)c1cc(C23CC4CC(CC(C4)C2)C3)c2ccccc2n1)Nc1ccc(F)cc1. The average Bonchev–Trinajstić information content (AvgIpc) is 2.82. The summed E-state index contributed by atoms with van der Waals surface area (Å²) in [4.78, 5) is 29.8. The number of hydrogen-bond acceptors (Lipinski definition) is 3. The number of hydrogen-bond donors (Lipinski definition) is 3. The van der Waals surface area contributed by atoms with E-state index in [2.05, 4.69) is 27.2 Å². The van der Waals surface area contributed by atoms with Crippen molar-refractivity contribution in [2.45, 2.75) is 43.9 Å². The summed E-state index contributed by atoms with van der Waals surface area (Å²) in [6.45, 7) is 0. The zero-order valence-electron chi connectivity index (χ0n) is 18.8. The molecule has 0 radical (unpaired) electrons. The number of rotatable bonds is 3. The number of amides is 3. The Morgan fingerprint density at radius 2 is 1.53 bits per heavy atom. The van der Waals surface area contributed by atoms with Crippen molar-refractivity contribution < 1.29 is 14.0 Å². The van der Waals surface area contributed by atoms with Gasteiger partial charge in [-0.15, -0.1) is 0 Å². The number of hydrazine groups is 1. The number of aromatic nitrogens is 1. The van der Waals surface area contributed by atoms with Crippen LogP contribution in [-0.2, 0) is 5.41 Å². The third-order valence-electron chi connectivity index (χ3n) is 7.95. The van der Waals surface area contributed by atoms with Crippen molar-refractivity contribution in [2.75, 3.05) is 5.32 Å². The van der Waals surface area contributed by atoms with Crippen LogP contribution in [0, 0.1) is 23.6 Å². The molecule has 1 heterocycles. The highest BCUT2D eigenvalue weighted by Gasteiger charge is 2.52. The van der Waals surface area contributed by atoms with Gasteiger partial charge in [-0.3, -0.25) is 10.2 Å². The van der Waals surface area contributed by atoms with E-state index in [1.54, 1.807) is 0 Å². The zero-order chi connectivity index (χ0) is 23.3. The third-order valence-corrected chi connectivity index (χ3v) is 7.95. The zero-order valence-corrected chi connectivity index (χ0v) is 18.8. The number of anilines is 1. The number of carbonyl (C=O) groups is 2. The second-order valence-corrected chi connectivity index (χ2v) is 10.3. The van der Waals surface area contributed by atoms with Gasteiger partial charge in [-0.05, 0) is 104 Å². The average molecular weight is 459 g/mol. The van der Waals surface area contributed by atoms with Gasteiger partial charge in [-0.1, -0.05) is 18.2 Å². The minimum atomic E-state index is -0.623. The molecule has 7 heteroatoms. The fourth-order valence-electron chi connectivity index (χ4n) is 7.04. The Kier molecular flexibility index (Phi) is 5.01. The van der Waals surface area contributed by atoms with Gasteiger partial charge in [0, 0.05) is 11.1 Å². The van der Waals surface area contributed by atoms with Crippen LogP contribution in [0.25, 0.3) is 10.9 Å². The molecule has 4 fully saturated rings. The van der Waals surface area contributed by atoms with E-state index in [1.165, 1.54) is 68.4 Å². The predicted octanol–water partition coefficient (Wildman–Crippen LogP) is 5.31. The fourth-order valence-corrected chi connectivity index (χ4v) is 7.04. The van der Waals surface area contributed by atoms with E-state index in [1.807, 2.05) is 24.3 Å². The number of benzene rings is 2. The van der Waals surface area contributed by atoms with E-state index >= 15 is 0 Å². The van der Waals surface area contributed by atoms with Crippen molar-refractivity contribution >= 4 is 28.5 Å². The van der Waals surface area contributed by atoms with Gasteiger partial charge in [0.15, 0.2) is 0 Å². The molecule has 7 rings (SSSR count). The smallest absolute Gasteiger partial charge is 0.307 e. The summed E-state index contributed by atoms with van der Waals surface area (Å²) in [6, 6.07) is 14.8. The number of carbonyl (C=O) groups excluding carboxylic acids is 2. The molecule has 4 aliphatic rings. The molecule has 0 spiro atoms. The number of halogens is 1. The van der Waals surface area contributed by atoms with Crippen molar-refractivity contribution in [3.63, 3.8) is 0 Å². The summed E-state index contributed by atoms with van der Waals surface area (Å²) < 4.78 is 13.1. The molecule has 2 aromatic carbocycles. The van der Waals surface area contributed by atoms with Gasteiger partial charge >= 0.3 is 6.03 Å². The van der Waals surface area contributed by atoms with E-state index in [-0.39, 0.29) is 5.41 Å². The van der Waals surface area contributed by atoms with Crippen molar-refractivity contribution in [1.29, 1.82) is 0 Å². The first-order valence-corrected chi connectivity index (χ1v) is 12.0. The summed E-state index contributed by atoms with van der Waals surface area (Å²) in [6.07, 6.45) is 7.61. The second kappa shape index (κ2) is 8.08. The van der Waals surface area contributed by atoms with E-state index in [9.17, 15) is 14.0 Å². The van der Waals surface area contributed by atoms with Gasteiger partial charge in [-0.25, -0.2) is 19.6 Å². The molecule has 0 aliphatic heterocycles. The lowest BCUT2D eigenvalue weighted by Gasteiger charge is -2.57. The van der Waals surface area contributed by atoms with Crippen molar-refractivity contribution in [1.82, 2.24) is 15.8 Å². The minimum Gasteiger partial charge on any atom is -0.307 e. The maximum atomic E-state index is 13.1. The molecule has 174 valence electrons. The Bertz CT molecular complexity index is 1240. The highest BCUT2D eigenvalue weighted by molar-refractivity contribution is 5.98. The Hall–Kier alpha value is -3.48. The molecule has 4 saturated carbocycles. The number of pyridine rings is 1. The number of nitrogens with one attached hydrogen (secondary N) is 3. The molecule has 3 amide bonds. The Balaban J connectivity index is 1.25. The molecule has 0 saturated heterocycles. The van der Waals surface area contributed by atoms with Crippen LogP contribution < -0.4 is 16.2 Å². The summed E-state index contributed by atoms with van der Waals surface area (Å²) in [5.41, 5.74) is 7.69. The molecular formula is C27H27FN4O2.